The molecule has 1 fully saturated rings. The Morgan fingerprint density at radius 1 is 1.06 bits per heavy atom. The van der Waals surface area contributed by atoms with E-state index in [1.807, 2.05) is 13.8 Å². The normalized spacial score (nSPS) is 17.4. The van der Waals surface area contributed by atoms with Gasteiger partial charge in [-0.2, -0.15) is 0 Å². The fourth-order valence-corrected chi connectivity index (χ4v) is 2.50. The number of likely N-dealkylation sites (tertiary alicyclic amines) is 1. The molecular weight excluding hydrogens is 222 g/mol. The maximum absolute atomic E-state index is 9.26. The van der Waals surface area contributed by atoms with Crippen LogP contribution in [-0.4, -0.2) is 29.1 Å². The van der Waals surface area contributed by atoms with Gasteiger partial charge in [-0.1, -0.05) is 26.0 Å². The van der Waals surface area contributed by atoms with Crippen LogP contribution in [0.15, 0.2) is 24.3 Å². The monoisotopic (exact) mass is 249 g/mol. The molecular formula is C16H27NO. The number of nitrogens with zero attached hydrogens (tertiary/aromatic N) is 1. The molecule has 0 atom stereocenters. The molecule has 1 saturated heterocycles. The van der Waals surface area contributed by atoms with Crippen molar-refractivity contribution in [2.75, 3.05) is 13.1 Å². The first-order valence-corrected chi connectivity index (χ1v) is 7.20. The van der Waals surface area contributed by atoms with Gasteiger partial charge in [0.2, 0.25) is 0 Å². The lowest BCUT2D eigenvalue weighted by Gasteiger charge is -2.34. The molecule has 1 aromatic rings. The van der Waals surface area contributed by atoms with Crippen molar-refractivity contribution in [3.8, 4) is 5.75 Å². The highest BCUT2D eigenvalue weighted by atomic mass is 16.3. The van der Waals surface area contributed by atoms with Crippen LogP contribution in [0.2, 0.25) is 0 Å². The zero-order chi connectivity index (χ0) is 13.5. The predicted molar refractivity (Wildman–Crippen MR) is 78.1 cm³/mol. The van der Waals surface area contributed by atoms with Crippen molar-refractivity contribution in [2.45, 2.75) is 52.5 Å². The summed E-state index contributed by atoms with van der Waals surface area (Å²) in [6, 6.07) is 8.38. The molecule has 1 aromatic carbocycles. The smallest absolute Gasteiger partial charge is 0.115 e. The Labute approximate surface area is 112 Å². The molecule has 0 aliphatic carbocycles. The second-order valence-electron chi connectivity index (χ2n) is 5.00. The lowest BCUT2D eigenvalue weighted by Crippen LogP contribution is -2.37. The minimum Gasteiger partial charge on any atom is -0.508 e. The van der Waals surface area contributed by atoms with E-state index < -0.39 is 0 Å². The third-order valence-electron chi connectivity index (χ3n) is 3.62. The van der Waals surface area contributed by atoms with Crippen molar-refractivity contribution >= 4 is 0 Å². The summed E-state index contributed by atoms with van der Waals surface area (Å²) in [6.07, 6.45) is 2.48. The van der Waals surface area contributed by atoms with Gasteiger partial charge in [0.1, 0.15) is 5.75 Å². The predicted octanol–water partition coefficient (Wildman–Crippen LogP) is 4.01. The summed E-state index contributed by atoms with van der Waals surface area (Å²) in [5.41, 5.74) is 1.38. The fourth-order valence-electron chi connectivity index (χ4n) is 2.50. The minimum atomic E-state index is 0.364. The topological polar surface area (TPSA) is 23.5 Å². The van der Waals surface area contributed by atoms with Crippen molar-refractivity contribution in [1.82, 2.24) is 4.90 Å². The second-order valence-corrected chi connectivity index (χ2v) is 5.00. The van der Waals surface area contributed by atoms with Crippen molar-refractivity contribution in [2.24, 2.45) is 0 Å². The number of rotatable bonds is 2. The third kappa shape index (κ3) is 4.02. The van der Waals surface area contributed by atoms with E-state index in [9.17, 15) is 5.11 Å². The number of aromatic hydroxyl groups is 1. The molecule has 1 N–H and O–H groups in total. The SMILES string of the molecule is CC.CC(C)N1CCC(c2ccc(O)cc2)CC1. The van der Waals surface area contributed by atoms with Gasteiger partial charge >= 0.3 is 0 Å². The van der Waals surface area contributed by atoms with E-state index >= 15 is 0 Å². The summed E-state index contributed by atoms with van der Waals surface area (Å²) in [7, 11) is 0. The quantitative estimate of drug-likeness (QED) is 0.856. The van der Waals surface area contributed by atoms with Crippen molar-refractivity contribution in [3.05, 3.63) is 29.8 Å². The first-order chi connectivity index (χ1) is 8.66. The van der Waals surface area contributed by atoms with E-state index in [-0.39, 0.29) is 0 Å². The van der Waals surface area contributed by atoms with E-state index in [1.54, 1.807) is 12.1 Å². The molecule has 0 aromatic heterocycles. The molecule has 2 rings (SSSR count). The van der Waals surface area contributed by atoms with Crippen LogP contribution in [0.1, 0.15) is 52.0 Å². The second kappa shape index (κ2) is 7.42. The molecule has 0 amide bonds. The highest BCUT2D eigenvalue weighted by molar-refractivity contribution is 5.28. The maximum Gasteiger partial charge on any atom is 0.115 e. The molecule has 0 radical (unpaired) electrons. The Balaban J connectivity index is 0.000000771. The lowest BCUT2D eigenvalue weighted by atomic mass is 9.89. The van der Waals surface area contributed by atoms with Gasteiger partial charge in [-0.15, -0.1) is 0 Å². The molecule has 2 nitrogen and oxygen atoms in total. The Morgan fingerprint density at radius 3 is 2.00 bits per heavy atom. The molecule has 0 unspecified atom stereocenters. The van der Waals surface area contributed by atoms with Crippen LogP contribution >= 0.6 is 0 Å². The summed E-state index contributed by atoms with van der Waals surface area (Å²) in [6.45, 7) is 10.9. The summed E-state index contributed by atoms with van der Waals surface area (Å²) < 4.78 is 0. The van der Waals surface area contributed by atoms with Gasteiger partial charge in [-0.25, -0.2) is 0 Å². The van der Waals surface area contributed by atoms with Crippen LogP contribution in [0.3, 0.4) is 0 Å². The zero-order valence-electron chi connectivity index (χ0n) is 12.2. The Kier molecular flexibility index (Phi) is 6.20. The van der Waals surface area contributed by atoms with Gasteiger partial charge in [-0.3, -0.25) is 0 Å². The summed E-state index contributed by atoms with van der Waals surface area (Å²) in [5.74, 6) is 1.04. The summed E-state index contributed by atoms with van der Waals surface area (Å²) in [5, 5.41) is 9.26. The fraction of sp³-hybridized carbons (Fsp3) is 0.625. The molecule has 2 heteroatoms. The van der Waals surface area contributed by atoms with Crippen LogP contribution < -0.4 is 0 Å². The first kappa shape index (κ1) is 15.0. The van der Waals surface area contributed by atoms with Crippen molar-refractivity contribution in [3.63, 3.8) is 0 Å². The molecule has 0 bridgehead atoms. The summed E-state index contributed by atoms with van der Waals surface area (Å²) >= 11 is 0. The van der Waals surface area contributed by atoms with E-state index in [2.05, 4.69) is 30.9 Å². The Hall–Kier alpha value is -1.02. The number of phenols is 1. The van der Waals surface area contributed by atoms with Crippen LogP contribution in [-0.2, 0) is 0 Å². The number of phenolic OH excluding ortho intramolecular Hbond substituents is 1. The molecule has 0 saturated carbocycles. The molecule has 1 aliphatic heterocycles. The van der Waals surface area contributed by atoms with E-state index in [0.717, 1.165) is 0 Å². The van der Waals surface area contributed by atoms with Crippen molar-refractivity contribution < 1.29 is 5.11 Å². The number of hydrogen-bond acceptors (Lipinski definition) is 2. The van der Waals surface area contributed by atoms with Crippen LogP contribution in [0.4, 0.5) is 0 Å². The van der Waals surface area contributed by atoms with Gasteiger partial charge in [0.15, 0.2) is 0 Å². The Bertz CT molecular complexity index is 323. The molecule has 0 spiro atoms. The maximum atomic E-state index is 9.26. The first-order valence-electron chi connectivity index (χ1n) is 7.20. The molecule has 102 valence electrons. The van der Waals surface area contributed by atoms with E-state index in [4.69, 9.17) is 0 Å². The van der Waals surface area contributed by atoms with Crippen LogP contribution in [0.25, 0.3) is 0 Å². The van der Waals surface area contributed by atoms with Gasteiger partial charge in [0.25, 0.3) is 0 Å². The highest BCUT2D eigenvalue weighted by Gasteiger charge is 2.21. The zero-order valence-corrected chi connectivity index (χ0v) is 12.2. The standard InChI is InChI=1S/C14H21NO.C2H6/c1-11(2)15-9-7-13(8-10-15)12-3-5-14(16)6-4-12;1-2/h3-6,11,13,16H,7-10H2,1-2H3;1-2H3. The van der Waals surface area contributed by atoms with Gasteiger partial charge in [0.05, 0.1) is 0 Å². The van der Waals surface area contributed by atoms with E-state index in [1.165, 1.54) is 31.5 Å². The van der Waals surface area contributed by atoms with Gasteiger partial charge in [-0.05, 0) is 63.4 Å². The molecule has 1 heterocycles. The largest absolute Gasteiger partial charge is 0.508 e. The Morgan fingerprint density at radius 2 is 1.56 bits per heavy atom. The molecule has 18 heavy (non-hydrogen) atoms. The average molecular weight is 249 g/mol. The highest BCUT2D eigenvalue weighted by Crippen LogP contribution is 2.29. The lowest BCUT2D eigenvalue weighted by molar-refractivity contribution is 0.172. The number of hydrogen-bond donors (Lipinski definition) is 1. The van der Waals surface area contributed by atoms with Gasteiger partial charge in [0, 0.05) is 6.04 Å². The third-order valence-corrected chi connectivity index (χ3v) is 3.62. The summed E-state index contributed by atoms with van der Waals surface area (Å²) in [4.78, 5) is 2.54. The van der Waals surface area contributed by atoms with Gasteiger partial charge < -0.3 is 10.0 Å². The van der Waals surface area contributed by atoms with Crippen LogP contribution in [0, 0.1) is 0 Å². The van der Waals surface area contributed by atoms with Crippen molar-refractivity contribution in [1.29, 1.82) is 0 Å². The van der Waals surface area contributed by atoms with E-state index in [0.29, 0.717) is 17.7 Å². The van der Waals surface area contributed by atoms with Crippen LogP contribution in [0.5, 0.6) is 5.75 Å². The average Bonchev–Trinajstić information content (AvgIpc) is 2.42. The minimum absolute atomic E-state index is 0.364. The molecule has 1 aliphatic rings. The number of piperidine rings is 1. The number of benzene rings is 1.